The van der Waals surface area contributed by atoms with E-state index < -0.39 is 37.7 Å². The molecule has 1 aliphatic heterocycles. The molecule has 8 radical (unpaired) electrons. The van der Waals surface area contributed by atoms with E-state index in [-0.39, 0.29) is 40.4 Å². The molecule has 0 aromatic heterocycles. The van der Waals surface area contributed by atoms with Gasteiger partial charge in [0.2, 0.25) is 0 Å². The van der Waals surface area contributed by atoms with E-state index >= 15 is 0 Å². The van der Waals surface area contributed by atoms with Crippen molar-refractivity contribution in [2.75, 3.05) is 6.26 Å². The van der Waals surface area contributed by atoms with Crippen molar-refractivity contribution in [2.45, 2.75) is 40.8 Å². The topological polar surface area (TPSA) is 83.9 Å². The van der Waals surface area contributed by atoms with Crippen LogP contribution in [-0.4, -0.2) is 72.8 Å². The number of aliphatic hydroxyl groups is 1. The minimum atomic E-state index is -3.77. The van der Waals surface area contributed by atoms with E-state index in [1.54, 1.807) is 42.5 Å². The summed E-state index contributed by atoms with van der Waals surface area (Å²) in [6.45, 7) is -0.258. The summed E-state index contributed by atoms with van der Waals surface area (Å²) < 4.78 is 32.8. The Hall–Kier alpha value is -1.68. The fourth-order valence-electron chi connectivity index (χ4n) is 5.51. The van der Waals surface area contributed by atoms with Crippen molar-refractivity contribution in [2.24, 2.45) is 5.41 Å². The average molecular weight is 665 g/mol. The number of rotatable bonds is 8. The van der Waals surface area contributed by atoms with Gasteiger partial charge in [-0.25, -0.2) is 8.42 Å². The van der Waals surface area contributed by atoms with Gasteiger partial charge in [0.25, 0.3) is 5.91 Å². The molecule has 5 rings (SSSR count). The van der Waals surface area contributed by atoms with Gasteiger partial charge in [0.15, 0.2) is 15.6 Å². The van der Waals surface area contributed by atoms with E-state index in [1.807, 2.05) is 0 Å². The van der Waals surface area contributed by atoms with Gasteiger partial charge in [-0.2, -0.15) is 0 Å². The Morgan fingerprint density at radius 3 is 2.17 bits per heavy atom. The van der Waals surface area contributed by atoms with Crippen LogP contribution in [0.15, 0.2) is 70.0 Å². The largest absolute Gasteiger partial charge is 0.409 e. The fraction of sp³-hybridized carbons (Fsp3) is 0.296. The van der Waals surface area contributed by atoms with Gasteiger partial charge in [-0.15, -0.1) is 0 Å². The average Bonchev–Trinajstić information content (AvgIpc) is 3.67. The van der Waals surface area contributed by atoms with Gasteiger partial charge in [-0.1, -0.05) is 63.4 Å². The maximum absolute atomic E-state index is 14.2. The van der Waals surface area contributed by atoms with Crippen LogP contribution in [0.4, 0.5) is 0 Å². The SMILES string of the molecule is [B]C([B])(O)C1(C([B])([B])OC2(c3ccc(Cl)cc3)c3ccc(Br)cc3C(=O)N2Cc2ccc(Cl)cc2S(C)(=O)=O)CC1. The summed E-state index contributed by atoms with van der Waals surface area (Å²) in [7, 11) is 21.4. The molecule has 3 aromatic carbocycles. The molecule has 1 aliphatic carbocycles. The Morgan fingerprint density at radius 2 is 1.61 bits per heavy atom. The second-order valence-electron chi connectivity index (χ2n) is 10.6. The number of benzene rings is 3. The van der Waals surface area contributed by atoms with Gasteiger partial charge < -0.3 is 9.84 Å². The van der Waals surface area contributed by atoms with Crippen molar-refractivity contribution < 1.29 is 23.1 Å². The molecule has 202 valence electrons. The van der Waals surface area contributed by atoms with Crippen molar-refractivity contribution >= 4 is 86.3 Å². The van der Waals surface area contributed by atoms with Crippen molar-refractivity contribution in [3.05, 3.63) is 97.4 Å². The van der Waals surface area contributed by atoms with E-state index in [0.29, 0.717) is 20.6 Å². The van der Waals surface area contributed by atoms with Gasteiger partial charge in [-0.3, -0.25) is 9.69 Å². The molecule has 14 heteroatoms. The molecule has 2 aliphatic rings. The molecular weight excluding hydrogens is 644 g/mol. The van der Waals surface area contributed by atoms with Crippen molar-refractivity contribution in [3.8, 4) is 0 Å². The first kappa shape index (κ1) is 30.8. The summed E-state index contributed by atoms with van der Waals surface area (Å²) in [5.41, 5.74) is -2.01. The maximum Gasteiger partial charge on any atom is 0.257 e. The van der Waals surface area contributed by atoms with Crippen LogP contribution in [0.25, 0.3) is 0 Å². The number of amides is 1. The van der Waals surface area contributed by atoms with Crippen molar-refractivity contribution in [1.82, 2.24) is 4.90 Å². The lowest BCUT2D eigenvalue weighted by Crippen LogP contribution is -2.62. The van der Waals surface area contributed by atoms with Gasteiger partial charge >= 0.3 is 0 Å². The predicted octanol–water partition coefficient (Wildman–Crippen LogP) is 3.79. The molecule has 1 unspecified atom stereocenters. The highest BCUT2D eigenvalue weighted by atomic mass is 79.9. The molecule has 1 saturated carbocycles. The lowest BCUT2D eigenvalue weighted by atomic mass is 9.43. The number of fused-ring (bicyclic) bond motifs is 1. The van der Waals surface area contributed by atoms with Crippen LogP contribution in [0.5, 0.6) is 0 Å². The molecular formula is C27H20B4BrCl2NO5S. The monoisotopic (exact) mass is 663 g/mol. The Morgan fingerprint density at radius 1 is 1.00 bits per heavy atom. The highest BCUT2D eigenvalue weighted by Crippen LogP contribution is 2.61. The Kier molecular flexibility index (Phi) is 7.66. The lowest BCUT2D eigenvalue weighted by Gasteiger charge is -2.51. The van der Waals surface area contributed by atoms with E-state index in [0.717, 1.165) is 6.26 Å². The molecule has 1 fully saturated rings. The van der Waals surface area contributed by atoms with E-state index in [4.69, 9.17) is 59.3 Å². The van der Waals surface area contributed by atoms with Gasteiger partial charge in [-0.05, 0) is 65.6 Å². The third kappa shape index (κ3) is 5.12. The smallest absolute Gasteiger partial charge is 0.257 e. The summed E-state index contributed by atoms with van der Waals surface area (Å²) >= 11 is 15.8. The molecule has 1 N–H and O–H groups in total. The number of nitrogens with zero attached hydrogens (tertiary/aromatic N) is 1. The first-order valence-corrected chi connectivity index (χ1v) is 15.8. The Labute approximate surface area is 262 Å². The highest BCUT2D eigenvalue weighted by Gasteiger charge is 2.65. The number of sulfone groups is 1. The Bertz CT molecular complexity index is 1660. The normalized spacial score (nSPS) is 20.2. The third-order valence-electron chi connectivity index (χ3n) is 7.78. The van der Waals surface area contributed by atoms with E-state index in [9.17, 15) is 18.3 Å². The van der Waals surface area contributed by atoms with Gasteiger partial charge in [0.1, 0.15) is 15.7 Å². The quantitative estimate of drug-likeness (QED) is 0.371. The predicted molar refractivity (Wildman–Crippen MR) is 164 cm³/mol. The van der Waals surface area contributed by atoms with Crippen molar-refractivity contribution in [1.29, 1.82) is 0 Å². The number of carbonyl (C=O) groups is 1. The molecule has 3 aromatic rings. The Balaban J connectivity index is 1.79. The maximum atomic E-state index is 14.2. The number of hydrogen-bond acceptors (Lipinski definition) is 5. The first-order chi connectivity index (χ1) is 18.9. The minimum absolute atomic E-state index is 0.0661. The lowest BCUT2D eigenvalue weighted by molar-refractivity contribution is -0.168. The molecule has 6 nitrogen and oxygen atoms in total. The molecule has 1 amide bonds. The number of carbonyl (C=O) groups excluding carboxylic acids is 1. The second-order valence-corrected chi connectivity index (χ2v) is 14.3. The van der Waals surface area contributed by atoms with E-state index in [1.165, 1.54) is 23.1 Å². The fourth-order valence-corrected chi connectivity index (χ4v) is 7.18. The van der Waals surface area contributed by atoms with Crippen LogP contribution in [0.1, 0.15) is 39.9 Å². The molecule has 0 saturated heterocycles. The standard InChI is InChI=1S/C27H20B4BrCl2NO5S/c1-41(38,39)22-13-19(34)6-2-15(22)14-35-23(36)20-12-17(32)5-9-21(20)25(35,16-3-7-18(33)8-4-16)40-27(30,31)24(10-11-24)26(28,29)37/h2-9,12-13,37H,10-11,14H2,1H3. The number of hydrogen-bond donors (Lipinski definition) is 1. The van der Waals surface area contributed by atoms with Crippen LogP contribution in [0.3, 0.4) is 0 Å². The zero-order chi connectivity index (χ0) is 30.2. The zero-order valence-corrected chi connectivity index (χ0v) is 25.7. The van der Waals surface area contributed by atoms with Crippen LogP contribution in [-0.2, 0) is 26.8 Å². The molecule has 0 spiro atoms. The first-order valence-electron chi connectivity index (χ1n) is 12.4. The second kappa shape index (κ2) is 10.2. The van der Waals surface area contributed by atoms with E-state index in [2.05, 4.69) is 15.9 Å². The zero-order valence-electron chi connectivity index (χ0n) is 21.8. The molecule has 0 bridgehead atoms. The molecule has 1 atom stereocenters. The summed E-state index contributed by atoms with van der Waals surface area (Å²) in [4.78, 5) is 15.5. The third-order valence-corrected chi connectivity index (χ3v) is 9.94. The van der Waals surface area contributed by atoms with Crippen molar-refractivity contribution in [3.63, 3.8) is 0 Å². The van der Waals surface area contributed by atoms with Gasteiger partial charge in [0.05, 0.1) is 27.1 Å². The highest BCUT2D eigenvalue weighted by molar-refractivity contribution is 9.10. The van der Waals surface area contributed by atoms with Gasteiger partial charge in [0, 0.05) is 42.9 Å². The summed E-state index contributed by atoms with van der Waals surface area (Å²) in [5, 5.41) is 6.80. The molecule has 1 heterocycles. The summed E-state index contributed by atoms with van der Waals surface area (Å²) in [6, 6.07) is 15.9. The summed E-state index contributed by atoms with van der Waals surface area (Å²) in [6.07, 6.45) is 1.54. The van der Waals surface area contributed by atoms with Crippen LogP contribution in [0, 0.1) is 5.41 Å². The minimum Gasteiger partial charge on any atom is -0.409 e. The van der Waals surface area contributed by atoms with Crippen LogP contribution in [0.2, 0.25) is 10.0 Å². The number of ether oxygens (including phenoxy) is 1. The molecule has 41 heavy (non-hydrogen) atoms. The van der Waals surface area contributed by atoms with Crippen LogP contribution < -0.4 is 0 Å². The van der Waals surface area contributed by atoms with Crippen LogP contribution >= 0.6 is 39.1 Å². The number of halogens is 3. The summed E-state index contributed by atoms with van der Waals surface area (Å²) in [5.74, 6) is -0.498.